The molecule has 0 aliphatic heterocycles. The zero-order valence-corrected chi connectivity index (χ0v) is 22.5. The van der Waals surface area contributed by atoms with Crippen molar-refractivity contribution in [3.05, 3.63) is 50.1 Å². The number of hydrogen-bond acceptors (Lipinski definition) is 8. The van der Waals surface area contributed by atoms with Gasteiger partial charge in [-0.2, -0.15) is 0 Å². The maximum absolute atomic E-state index is 12.7. The third kappa shape index (κ3) is 5.94. The zero-order chi connectivity index (χ0) is 25.1. The number of nitrogens with one attached hydrogen (secondary N) is 1. The van der Waals surface area contributed by atoms with Crippen molar-refractivity contribution in [1.29, 1.82) is 0 Å². The number of benzene rings is 1. The molecular formula is C23H24Cl2N4O4S2. The first kappa shape index (κ1) is 25.8. The molecule has 0 saturated heterocycles. The third-order valence-electron chi connectivity index (χ3n) is 5.66. The Bertz CT molecular complexity index is 1260. The summed E-state index contributed by atoms with van der Waals surface area (Å²) in [7, 11) is 3.15. The summed E-state index contributed by atoms with van der Waals surface area (Å²) >= 11 is 14.8. The van der Waals surface area contributed by atoms with Gasteiger partial charge in [0.2, 0.25) is 5.91 Å². The van der Waals surface area contributed by atoms with Crippen LogP contribution in [0.25, 0.3) is 0 Å². The fourth-order valence-corrected chi connectivity index (χ4v) is 6.26. The van der Waals surface area contributed by atoms with Gasteiger partial charge in [-0.05, 0) is 42.9 Å². The molecule has 0 bridgehead atoms. The zero-order valence-electron chi connectivity index (χ0n) is 19.4. The van der Waals surface area contributed by atoms with Gasteiger partial charge in [0.15, 0.2) is 11.0 Å². The van der Waals surface area contributed by atoms with Crippen molar-refractivity contribution in [1.82, 2.24) is 14.8 Å². The number of carbonyl (C=O) groups is 2. The van der Waals surface area contributed by atoms with E-state index in [-0.39, 0.29) is 18.3 Å². The van der Waals surface area contributed by atoms with Crippen LogP contribution in [-0.2, 0) is 36.0 Å². The van der Waals surface area contributed by atoms with Crippen LogP contribution in [0.5, 0.6) is 5.75 Å². The lowest BCUT2D eigenvalue weighted by molar-refractivity contribution is -0.113. The SMILES string of the molecule is COC(=O)c1c(NC(=O)CSc2nnc(COc3cc(Cl)ccc3Cl)n2C)sc2c1CCC(C)C2. The predicted molar refractivity (Wildman–Crippen MR) is 138 cm³/mol. The van der Waals surface area contributed by atoms with Crippen molar-refractivity contribution in [3.63, 3.8) is 0 Å². The standard InChI is InChI=1S/C23H24Cl2N4O4S2/c1-12-4-6-14-17(8-12)35-21(20(14)22(31)32-3)26-19(30)11-34-23-28-27-18(29(23)2)10-33-16-9-13(24)5-7-15(16)25/h5,7,9,12H,4,6,8,10-11H2,1-3H3,(H,26,30). The van der Waals surface area contributed by atoms with Gasteiger partial charge < -0.3 is 19.4 Å². The molecule has 0 fully saturated rings. The lowest BCUT2D eigenvalue weighted by Gasteiger charge is -2.18. The average molecular weight is 556 g/mol. The van der Waals surface area contributed by atoms with Gasteiger partial charge in [-0.1, -0.05) is 41.9 Å². The van der Waals surface area contributed by atoms with Crippen LogP contribution in [0.1, 0.15) is 40.0 Å². The summed E-state index contributed by atoms with van der Waals surface area (Å²) < 4.78 is 12.5. The largest absolute Gasteiger partial charge is 0.484 e. The minimum absolute atomic E-state index is 0.104. The van der Waals surface area contributed by atoms with Gasteiger partial charge in [0.25, 0.3) is 0 Å². The smallest absolute Gasteiger partial charge is 0.341 e. The summed E-state index contributed by atoms with van der Waals surface area (Å²) in [6, 6.07) is 4.97. The number of hydrogen-bond donors (Lipinski definition) is 1. The molecule has 1 aromatic carbocycles. The molecule has 8 nitrogen and oxygen atoms in total. The van der Waals surface area contributed by atoms with Gasteiger partial charge in [0.1, 0.15) is 17.4 Å². The Labute approximate surface area is 221 Å². The highest BCUT2D eigenvalue weighted by molar-refractivity contribution is 7.99. The Hall–Kier alpha value is -2.27. The summed E-state index contributed by atoms with van der Waals surface area (Å²) in [6.07, 6.45) is 2.73. The number of rotatable bonds is 8. The highest BCUT2D eigenvalue weighted by Crippen LogP contribution is 2.40. The lowest BCUT2D eigenvalue weighted by Crippen LogP contribution is -2.17. The molecular weight excluding hydrogens is 531 g/mol. The Morgan fingerprint density at radius 2 is 2.11 bits per heavy atom. The number of esters is 1. The molecule has 1 amide bonds. The number of fused-ring (bicyclic) bond motifs is 1. The molecule has 1 aliphatic carbocycles. The maximum Gasteiger partial charge on any atom is 0.341 e. The summed E-state index contributed by atoms with van der Waals surface area (Å²) in [5, 5.41) is 13.3. The summed E-state index contributed by atoms with van der Waals surface area (Å²) in [6.45, 7) is 2.33. The van der Waals surface area contributed by atoms with Crippen molar-refractivity contribution < 1.29 is 19.1 Å². The van der Waals surface area contributed by atoms with Crippen molar-refractivity contribution in [2.24, 2.45) is 13.0 Å². The third-order valence-corrected chi connectivity index (χ3v) is 8.40. The molecule has 1 aliphatic rings. The van der Waals surface area contributed by atoms with Crippen LogP contribution in [0.3, 0.4) is 0 Å². The first-order valence-corrected chi connectivity index (χ1v) is 13.4. The molecule has 0 saturated carbocycles. The highest BCUT2D eigenvalue weighted by Gasteiger charge is 2.29. The van der Waals surface area contributed by atoms with Gasteiger partial charge in [-0.25, -0.2) is 4.79 Å². The van der Waals surface area contributed by atoms with Gasteiger partial charge in [-0.15, -0.1) is 21.5 Å². The number of amides is 1. The highest BCUT2D eigenvalue weighted by atomic mass is 35.5. The summed E-state index contributed by atoms with van der Waals surface area (Å²) in [5.41, 5.74) is 1.48. The van der Waals surface area contributed by atoms with Gasteiger partial charge >= 0.3 is 5.97 Å². The van der Waals surface area contributed by atoms with Crippen LogP contribution in [-0.4, -0.2) is 39.5 Å². The first-order chi connectivity index (χ1) is 16.8. The number of halogens is 2. The minimum atomic E-state index is -0.419. The molecule has 0 radical (unpaired) electrons. The fraction of sp³-hybridized carbons (Fsp3) is 0.391. The molecule has 1 N–H and O–H groups in total. The van der Waals surface area contributed by atoms with Crippen LogP contribution in [0.2, 0.25) is 10.0 Å². The molecule has 1 unspecified atom stereocenters. The first-order valence-electron chi connectivity index (χ1n) is 10.9. The number of thioether (sulfide) groups is 1. The Kier molecular flexibility index (Phi) is 8.26. The number of thiophene rings is 1. The van der Waals surface area contributed by atoms with Gasteiger partial charge in [-0.3, -0.25) is 4.79 Å². The molecule has 12 heteroatoms. The van der Waals surface area contributed by atoms with E-state index in [0.29, 0.717) is 43.3 Å². The second kappa shape index (κ2) is 11.2. The van der Waals surface area contributed by atoms with Gasteiger partial charge in [0, 0.05) is 23.0 Å². The van der Waals surface area contributed by atoms with Crippen LogP contribution >= 0.6 is 46.3 Å². The van der Waals surface area contributed by atoms with Crippen LogP contribution in [0.4, 0.5) is 5.00 Å². The number of aromatic nitrogens is 3. The van der Waals surface area contributed by atoms with E-state index in [0.717, 1.165) is 29.7 Å². The molecule has 4 rings (SSSR count). The maximum atomic E-state index is 12.7. The molecule has 3 aromatic rings. The topological polar surface area (TPSA) is 95.3 Å². The van der Waals surface area contributed by atoms with E-state index in [1.807, 2.05) is 0 Å². The molecule has 186 valence electrons. The lowest BCUT2D eigenvalue weighted by atomic mass is 9.88. The molecule has 2 heterocycles. The van der Waals surface area contributed by atoms with Crippen LogP contribution < -0.4 is 10.1 Å². The molecule has 2 aromatic heterocycles. The van der Waals surface area contributed by atoms with Crippen LogP contribution in [0.15, 0.2) is 23.4 Å². The van der Waals surface area contributed by atoms with Gasteiger partial charge in [0.05, 0.1) is 23.4 Å². The monoisotopic (exact) mass is 554 g/mol. The van der Waals surface area contributed by atoms with E-state index >= 15 is 0 Å². The second-order valence-electron chi connectivity index (χ2n) is 8.21. The number of methoxy groups -OCH3 is 1. The fourth-order valence-electron chi connectivity index (χ4n) is 3.78. The Morgan fingerprint density at radius 3 is 2.89 bits per heavy atom. The molecule has 0 spiro atoms. The van der Waals surface area contributed by atoms with E-state index in [1.54, 1.807) is 29.8 Å². The normalized spacial score (nSPS) is 14.9. The quantitative estimate of drug-likeness (QED) is 0.294. The van der Waals surface area contributed by atoms with Crippen LogP contribution in [0, 0.1) is 5.92 Å². The number of carbonyl (C=O) groups excluding carboxylic acids is 2. The van der Waals surface area contributed by atoms with E-state index in [4.69, 9.17) is 32.7 Å². The second-order valence-corrected chi connectivity index (χ2v) is 11.1. The van der Waals surface area contributed by atoms with E-state index in [2.05, 4.69) is 22.4 Å². The summed E-state index contributed by atoms with van der Waals surface area (Å²) in [5.74, 6) is 1.01. The number of ether oxygens (including phenoxy) is 2. The molecule has 1 atom stereocenters. The van der Waals surface area contributed by atoms with Crippen molar-refractivity contribution in [3.8, 4) is 5.75 Å². The van der Waals surface area contributed by atoms with E-state index in [9.17, 15) is 9.59 Å². The van der Waals surface area contributed by atoms with Crippen molar-refractivity contribution >= 4 is 63.2 Å². The average Bonchev–Trinajstić information content (AvgIpc) is 3.36. The van der Waals surface area contributed by atoms with E-state index in [1.165, 1.54) is 30.2 Å². The Balaban J connectivity index is 1.39. The predicted octanol–water partition coefficient (Wildman–Crippen LogP) is 5.40. The van der Waals surface area contributed by atoms with Crippen molar-refractivity contribution in [2.75, 3.05) is 18.2 Å². The van der Waals surface area contributed by atoms with E-state index < -0.39 is 5.97 Å². The minimum Gasteiger partial charge on any atom is -0.484 e. The van der Waals surface area contributed by atoms with Crippen molar-refractivity contribution in [2.45, 2.75) is 37.9 Å². The number of nitrogens with zero attached hydrogens (tertiary/aromatic N) is 3. The Morgan fingerprint density at radius 1 is 1.31 bits per heavy atom. The summed E-state index contributed by atoms with van der Waals surface area (Å²) in [4.78, 5) is 26.3. The number of anilines is 1. The molecule has 35 heavy (non-hydrogen) atoms.